The maximum atomic E-state index is 5.33. The van der Waals surface area contributed by atoms with E-state index in [9.17, 15) is 0 Å². The van der Waals surface area contributed by atoms with Crippen LogP contribution in [0.4, 0.5) is 11.8 Å². The third-order valence-electron chi connectivity index (χ3n) is 3.43. The molecule has 1 aromatic heterocycles. The second-order valence-electron chi connectivity index (χ2n) is 5.39. The van der Waals surface area contributed by atoms with Crippen LogP contribution < -0.4 is 16.2 Å². The molecule has 0 bridgehead atoms. The molecule has 17 heavy (non-hydrogen) atoms. The summed E-state index contributed by atoms with van der Waals surface area (Å²) in [5.74, 6) is 6.77. The molecule has 2 heterocycles. The standard InChI is InChI=1S/C12H21N5/c1-12(2)5-3-8-17(9-6-12)10-4-7-14-11(15-10)16-13/h4,7H,3,5-6,8-9,13H2,1-2H3,(H,14,15,16). The average Bonchev–Trinajstić information content (AvgIpc) is 2.50. The summed E-state index contributed by atoms with van der Waals surface area (Å²) in [6, 6.07) is 1.94. The summed E-state index contributed by atoms with van der Waals surface area (Å²) < 4.78 is 0. The van der Waals surface area contributed by atoms with Gasteiger partial charge in [0.05, 0.1) is 0 Å². The Morgan fingerprint density at radius 3 is 2.94 bits per heavy atom. The summed E-state index contributed by atoms with van der Waals surface area (Å²) >= 11 is 0. The lowest BCUT2D eigenvalue weighted by molar-refractivity contribution is 0.325. The van der Waals surface area contributed by atoms with E-state index in [-0.39, 0.29) is 0 Å². The molecular weight excluding hydrogens is 214 g/mol. The maximum Gasteiger partial charge on any atom is 0.239 e. The number of aromatic nitrogens is 2. The third-order valence-corrected chi connectivity index (χ3v) is 3.43. The van der Waals surface area contributed by atoms with Crippen LogP contribution in [0.3, 0.4) is 0 Å². The van der Waals surface area contributed by atoms with Crippen molar-refractivity contribution >= 4 is 11.8 Å². The zero-order valence-corrected chi connectivity index (χ0v) is 10.6. The molecule has 1 aliphatic rings. The topological polar surface area (TPSA) is 67.1 Å². The van der Waals surface area contributed by atoms with Crippen molar-refractivity contribution in [3.05, 3.63) is 12.3 Å². The second kappa shape index (κ2) is 4.87. The molecule has 0 amide bonds. The van der Waals surface area contributed by atoms with Crippen molar-refractivity contribution < 1.29 is 0 Å². The summed E-state index contributed by atoms with van der Waals surface area (Å²) in [7, 11) is 0. The van der Waals surface area contributed by atoms with Crippen LogP contribution in [-0.4, -0.2) is 23.1 Å². The first-order valence-electron chi connectivity index (χ1n) is 6.15. The van der Waals surface area contributed by atoms with Gasteiger partial charge in [-0.15, -0.1) is 0 Å². The molecule has 0 atom stereocenters. The lowest BCUT2D eigenvalue weighted by Crippen LogP contribution is -2.26. The zero-order chi connectivity index (χ0) is 12.3. The van der Waals surface area contributed by atoms with E-state index in [2.05, 4.69) is 34.1 Å². The SMILES string of the molecule is CC1(C)CCCN(c2ccnc(NN)n2)CC1. The molecule has 1 saturated heterocycles. The van der Waals surface area contributed by atoms with Crippen LogP contribution in [0.25, 0.3) is 0 Å². The summed E-state index contributed by atoms with van der Waals surface area (Å²) in [6.07, 6.45) is 5.43. The largest absolute Gasteiger partial charge is 0.356 e. The van der Waals surface area contributed by atoms with Crippen LogP contribution in [0.2, 0.25) is 0 Å². The minimum absolute atomic E-state index is 0.441. The third kappa shape index (κ3) is 3.06. The van der Waals surface area contributed by atoms with Gasteiger partial charge in [-0.2, -0.15) is 4.98 Å². The number of hydrogen-bond acceptors (Lipinski definition) is 5. The molecule has 0 unspecified atom stereocenters. The number of hydrogen-bond donors (Lipinski definition) is 2. The van der Waals surface area contributed by atoms with Crippen LogP contribution in [0, 0.1) is 5.41 Å². The predicted molar refractivity (Wildman–Crippen MR) is 69.7 cm³/mol. The Hall–Kier alpha value is -1.36. The summed E-state index contributed by atoms with van der Waals surface area (Å²) in [5, 5.41) is 0. The highest BCUT2D eigenvalue weighted by Crippen LogP contribution is 2.31. The molecule has 2 rings (SSSR count). The monoisotopic (exact) mass is 235 g/mol. The molecule has 94 valence electrons. The highest BCUT2D eigenvalue weighted by atomic mass is 15.3. The quantitative estimate of drug-likeness (QED) is 0.604. The van der Waals surface area contributed by atoms with Crippen LogP contribution in [0.15, 0.2) is 12.3 Å². The maximum absolute atomic E-state index is 5.33. The zero-order valence-electron chi connectivity index (χ0n) is 10.6. The Balaban J connectivity index is 2.11. The molecule has 5 nitrogen and oxygen atoms in total. The van der Waals surface area contributed by atoms with Gasteiger partial charge in [0.25, 0.3) is 0 Å². The van der Waals surface area contributed by atoms with E-state index in [1.54, 1.807) is 6.20 Å². The Morgan fingerprint density at radius 2 is 2.18 bits per heavy atom. The Bertz CT molecular complexity index is 377. The molecule has 0 spiro atoms. The van der Waals surface area contributed by atoms with Crippen molar-refractivity contribution in [2.75, 3.05) is 23.4 Å². The number of nitrogens with one attached hydrogen (secondary N) is 1. The van der Waals surface area contributed by atoms with Gasteiger partial charge in [0.2, 0.25) is 5.95 Å². The predicted octanol–water partition coefficient (Wildman–Crippen LogP) is 1.78. The second-order valence-corrected chi connectivity index (χ2v) is 5.39. The molecular formula is C12H21N5. The number of nitrogens with two attached hydrogens (primary N) is 1. The van der Waals surface area contributed by atoms with Crippen LogP contribution in [0.1, 0.15) is 33.1 Å². The first-order valence-corrected chi connectivity index (χ1v) is 6.15. The highest BCUT2D eigenvalue weighted by molar-refractivity contribution is 5.42. The average molecular weight is 235 g/mol. The molecule has 0 saturated carbocycles. The van der Waals surface area contributed by atoms with Gasteiger partial charge < -0.3 is 4.90 Å². The lowest BCUT2D eigenvalue weighted by Gasteiger charge is -2.24. The molecule has 1 aromatic rings. The van der Waals surface area contributed by atoms with Gasteiger partial charge in [-0.1, -0.05) is 13.8 Å². The molecule has 0 aliphatic carbocycles. The van der Waals surface area contributed by atoms with Crippen molar-refractivity contribution in [1.82, 2.24) is 9.97 Å². The summed E-state index contributed by atoms with van der Waals surface area (Å²) in [6.45, 7) is 6.78. The fourth-order valence-electron chi connectivity index (χ4n) is 2.25. The van der Waals surface area contributed by atoms with Crippen molar-refractivity contribution in [2.45, 2.75) is 33.1 Å². The molecule has 0 aromatic carbocycles. The van der Waals surface area contributed by atoms with Gasteiger partial charge in [-0.25, -0.2) is 10.8 Å². The van der Waals surface area contributed by atoms with E-state index in [0.29, 0.717) is 11.4 Å². The van der Waals surface area contributed by atoms with Gasteiger partial charge in [-0.05, 0) is 30.7 Å². The molecule has 5 heteroatoms. The van der Waals surface area contributed by atoms with Crippen molar-refractivity contribution in [1.29, 1.82) is 0 Å². The van der Waals surface area contributed by atoms with E-state index in [1.807, 2.05) is 6.07 Å². The van der Waals surface area contributed by atoms with E-state index in [1.165, 1.54) is 19.3 Å². The molecule has 1 aliphatic heterocycles. The fraction of sp³-hybridized carbons (Fsp3) is 0.667. The van der Waals surface area contributed by atoms with Crippen LogP contribution >= 0.6 is 0 Å². The first kappa shape index (κ1) is 12.1. The Morgan fingerprint density at radius 1 is 1.35 bits per heavy atom. The Labute approximate surface area is 102 Å². The summed E-state index contributed by atoms with van der Waals surface area (Å²) in [4.78, 5) is 10.7. The fourth-order valence-corrected chi connectivity index (χ4v) is 2.25. The normalized spacial score (nSPS) is 19.8. The lowest BCUT2D eigenvalue weighted by atomic mass is 9.85. The number of anilines is 2. The molecule has 3 N–H and O–H groups in total. The number of nitrogen functional groups attached to an aromatic ring is 1. The number of hydrazine groups is 1. The Kier molecular flexibility index (Phi) is 3.47. The van der Waals surface area contributed by atoms with E-state index >= 15 is 0 Å². The smallest absolute Gasteiger partial charge is 0.239 e. The number of nitrogens with zero attached hydrogens (tertiary/aromatic N) is 3. The van der Waals surface area contributed by atoms with E-state index in [4.69, 9.17) is 5.84 Å². The first-order chi connectivity index (χ1) is 8.11. The van der Waals surface area contributed by atoms with Crippen LogP contribution in [-0.2, 0) is 0 Å². The number of rotatable bonds is 2. The van der Waals surface area contributed by atoms with Gasteiger partial charge in [-0.3, -0.25) is 5.43 Å². The van der Waals surface area contributed by atoms with Crippen molar-refractivity contribution in [2.24, 2.45) is 11.3 Å². The van der Waals surface area contributed by atoms with Crippen LogP contribution in [0.5, 0.6) is 0 Å². The van der Waals surface area contributed by atoms with Gasteiger partial charge >= 0.3 is 0 Å². The molecule has 0 radical (unpaired) electrons. The molecule has 1 fully saturated rings. The van der Waals surface area contributed by atoms with Gasteiger partial charge in [0, 0.05) is 19.3 Å². The minimum Gasteiger partial charge on any atom is -0.356 e. The van der Waals surface area contributed by atoms with Gasteiger partial charge in [0.15, 0.2) is 0 Å². The van der Waals surface area contributed by atoms with E-state index < -0.39 is 0 Å². The van der Waals surface area contributed by atoms with Gasteiger partial charge in [0.1, 0.15) is 5.82 Å². The summed E-state index contributed by atoms with van der Waals surface area (Å²) in [5.41, 5.74) is 2.93. The van der Waals surface area contributed by atoms with Crippen molar-refractivity contribution in [3.63, 3.8) is 0 Å². The van der Waals surface area contributed by atoms with Crippen molar-refractivity contribution in [3.8, 4) is 0 Å². The van der Waals surface area contributed by atoms with E-state index in [0.717, 1.165) is 18.9 Å². The highest BCUT2D eigenvalue weighted by Gasteiger charge is 2.23. The minimum atomic E-state index is 0.441.